The summed E-state index contributed by atoms with van der Waals surface area (Å²) in [5, 5.41) is 2.62. The summed E-state index contributed by atoms with van der Waals surface area (Å²) in [6, 6.07) is 3.46. The molecule has 4 nitrogen and oxygen atoms in total. The van der Waals surface area contributed by atoms with Crippen molar-refractivity contribution in [2.45, 2.75) is 5.75 Å². The molecular weight excluding hydrogens is 262 g/mol. The second kappa shape index (κ2) is 8.08. The van der Waals surface area contributed by atoms with Gasteiger partial charge in [0.1, 0.15) is 11.5 Å². The molecule has 0 saturated carbocycles. The normalized spacial score (nSPS) is 12.8. The van der Waals surface area contributed by atoms with Crippen molar-refractivity contribution in [1.29, 1.82) is 0 Å². The third kappa shape index (κ3) is 6.28. The maximum absolute atomic E-state index is 11.6. The van der Waals surface area contributed by atoms with E-state index in [1.54, 1.807) is 24.3 Å². The van der Waals surface area contributed by atoms with Crippen LogP contribution in [0.15, 0.2) is 35.0 Å². The average molecular weight is 276 g/mol. The van der Waals surface area contributed by atoms with E-state index < -0.39 is 10.8 Å². The van der Waals surface area contributed by atoms with Crippen molar-refractivity contribution >= 4 is 28.3 Å². The smallest absolute Gasteiger partial charge is 0.232 e. The molecular formula is C11H14ClNO3S. The van der Waals surface area contributed by atoms with Crippen molar-refractivity contribution in [2.75, 3.05) is 18.2 Å². The van der Waals surface area contributed by atoms with Gasteiger partial charge in [0.15, 0.2) is 0 Å². The van der Waals surface area contributed by atoms with Gasteiger partial charge in [-0.05, 0) is 12.1 Å². The molecule has 0 saturated heterocycles. The fourth-order valence-electron chi connectivity index (χ4n) is 1.12. The molecule has 1 rings (SSSR count). The summed E-state index contributed by atoms with van der Waals surface area (Å²) >= 11 is 5.42. The predicted octanol–water partition coefficient (Wildman–Crippen LogP) is 1.44. The molecule has 1 aromatic heterocycles. The molecule has 1 N–H and O–H groups in total. The zero-order valence-electron chi connectivity index (χ0n) is 9.23. The van der Waals surface area contributed by atoms with Crippen LogP contribution in [-0.2, 0) is 21.3 Å². The lowest BCUT2D eigenvalue weighted by Gasteiger charge is -2.01. The highest BCUT2D eigenvalue weighted by molar-refractivity contribution is 7.84. The Hall–Kier alpha value is -1.07. The van der Waals surface area contributed by atoms with Crippen LogP contribution in [0.1, 0.15) is 5.76 Å². The lowest BCUT2D eigenvalue weighted by Crippen LogP contribution is -2.28. The first-order chi connectivity index (χ1) is 8.22. The van der Waals surface area contributed by atoms with E-state index in [0.717, 1.165) is 0 Å². The standard InChI is InChI=1S/C11H14ClNO3S/c12-5-1-2-6-13-11(14)9-17(15)8-10-4-3-7-16-10/h1-4,7H,5-6,8-9H2,(H,13,14)/b2-1-. The fourth-order valence-corrected chi connectivity index (χ4v) is 2.22. The minimum absolute atomic E-state index is 0.0184. The van der Waals surface area contributed by atoms with Crippen molar-refractivity contribution in [2.24, 2.45) is 0 Å². The molecule has 0 radical (unpaired) electrons. The van der Waals surface area contributed by atoms with Crippen molar-refractivity contribution in [3.8, 4) is 0 Å². The molecule has 0 aliphatic rings. The number of halogens is 1. The number of carbonyl (C=O) groups excluding carboxylic acids is 1. The van der Waals surface area contributed by atoms with Crippen molar-refractivity contribution < 1.29 is 13.4 Å². The Labute approximate surface area is 107 Å². The third-order valence-corrected chi connectivity index (χ3v) is 3.22. The SMILES string of the molecule is O=C(CS(=O)Cc1ccco1)NC/C=C\CCl. The number of furan rings is 1. The maximum Gasteiger partial charge on any atom is 0.232 e. The molecule has 0 aromatic carbocycles. The van der Waals surface area contributed by atoms with Gasteiger partial charge in [-0.2, -0.15) is 0 Å². The Bertz CT molecular complexity index is 389. The molecule has 1 amide bonds. The van der Waals surface area contributed by atoms with Gasteiger partial charge in [0.25, 0.3) is 0 Å². The summed E-state index contributed by atoms with van der Waals surface area (Å²) in [5.41, 5.74) is 0. The molecule has 6 heteroatoms. The molecule has 1 heterocycles. The molecule has 0 bridgehead atoms. The second-order valence-corrected chi connectivity index (χ2v) is 5.00. The van der Waals surface area contributed by atoms with Crippen LogP contribution in [0.3, 0.4) is 0 Å². The number of allylic oxidation sites excluding steroid dienone is 1. The van der Waals surface area contributed by atoms with Gasteiger partial charge in [-0.1, -0.05) is 12.2 Å². The van der Waals surface area contributed by atoms with Gasteiger partial charge in [0, 0.05) is 23.2 Å². The molecule has 0 fully saturated rings. The molecule has 0 aliphatic carbocycles. The molecule has 17 heavy (non-hydrogen) atoms. The van der Waals surface area contributed by atoms with Crippen LogP contribution in [0, 0.1) is 0 Å². The predicted molar refractivity (Wildman–Crippen MR) is 68.3 cm³/mol. The maximum atomic E-state index is 11.6. The average Bonchev–Trinajstić information content (AvgIpc) is 2.77. The van der Waals surface area contributed by atoms with Gasteiger partial charge in [0.05, 0.1) is 12.0 Å². The Morgan fingerprint density at radius 3 is 3.00 bits per heavy atom. The number of nitrogens with one attached hydrogen (secondary N) is 1. The lowest BCUT2D eigenvalue weighted by molar-refractivity contribution is -0.118. The van der Waals surface area contributed by atoms with E-state index >= 15 is 0 Å². The molecule has 0 spiro atoms. The van der Waals surface area contributed by atoms with Crippen LogP contribution < -0.4 is 5.32 Å². The summed E-state index contributed by atoms with van der Waals surface area (Å²) in [6.07, 6.45) is 5.01. The van der Waals surface area contributed by atoms with Gasteiger partial charge >= 0.3 is 0 Å². The minimum Gasteiger partial charge on any atom is -0.468 e. The van der Waals surface area contributed by atoms with Crippen molar-refractivity contribution in [1.82, 2.24) is 5.32 Å². The largest absolute Gasteiger partial charge is 0.468 e. The van der Waals surface area contributed by atoms with Crippen LogP contribution >= 0.6 is 11.6 Å². The molecule has 1 atom stereocenters. The van der Waals surface area contributed by atoms with Gasteiger partial charge in [0.2, 0.25) is 5.91 Å². The van der Waals surface area contributed by atoms with Crippen molar-refractivity contribution in [3.63, 3.8) is 0 Å². The van der Waals surface area contributed by atoms with Gasteiger partial charge in [-0.3, -0.25) is 9.00 Å². The van der Waals surface area contributed by atoms with Gasteiger partial charge in [-0.25, -0.2) is 0 Å². The van der Waals surface area contributed by atoms with E-state index in [-0.39, 0.29) is 17.4 Å². The summed E-state index contributed by atoms with van der Waals surface area (Å²) in [6.45, 7) is 0.406. The Kier molecular flexibility index (Phi) is 6.65. The number of hydrogen-bond donors (Lipinski definition) is 1. The monoisotopic (exact) mass is 275 g/mol. The number of hydrogen-bond acceptors (Lipinski definition) is 3. The third-order valence-electron chi connectivity index (χ3n) is 1.85. The Morgan fingerprint density at radius 1 is 1.53 bits per heavy atom. The number of rotatable bonds is 7. The second-order valence-electron chi connectivity index (χ2n) is 3.24. The zero-order valence-corrected chi connectivity index (χ0v) is 10.8. The van der Waals surface area contributed by atoms with Crippen LogP contribution in [0.2, 0.25) is 0 Å². The molecule has 1 aromatic rings. The highest BCUT2D eigenvalue weighted by atomic mass is 35.5. The minimum atomic E-state index is -1.24. The molecule has 1 unspecified atom stereocenters. The number of carbonyl (C=O) groups is 1. The van der Waals surface area contributed by atoms with Crippen LogP contribution in [0.25, 0.3) is 0 Å². The topological polar surface area (TPSA) is 59.3 Å². The van der Waals surface area contributed by atoms with Gasteiger partial charge < -0.3 is 9.73 Å². The van der Waals surface area contributed by atoms with E-state index in [9.17, 15) is 9.00 Å². The van der Waals surface area contributed by atoms with E-state index in [1.807, 2.05) is 0 Å². The van der Waals surface area contributed by atoms with E-state index in [2.05, 4.69) is 5.32 Å². The number of alkyl halides is 1. The lowest BCUT2D eigenvalue weighted by atomic mass is 10.5. The summed E-state index contributed by atoms with van der Waals surface area (Å²) in [5.74, 6) is 1.04. The Morgan fingerprint density at radius 2 is 2.35 bits per heavy atom. The summed E-state index contributed by atoms with van der Waals surface area (Å²) < 4.78 is 16.6. The van der Waals surface area contributed by atoms with Crippen molar-refractivity contribution in [3.05, 3.63) is 36.3 Å². The highest BCUT2D eigenvalue weighted by Crippen LogP contribution is 2.03. The fraction of sp³-hybridized carbons (Fsp3) is 0.364. The zero-order chi connectivity index (χ0) is 12.5. The van der Waals surface area contributed by atoms with Crippen LogP contribution in [0.5, 0.6) is 0 Å². The number of amides is 1. The molecule has 94 valence electrons. The highest BCUT2D eigenvalue weighted by Gasteiger charge is 2.09. The van der Waals surface area contributed by atoms with E-state index in [1.165, 1.54) is 6.26 Å². The Balaban J connectivity index is 2.22. The summed E-state index contributed by atoms with van der Waals surface area (Å²) in [4.78, 5) is 11.3. The first-order valence-electron chi connectivity index (χ1n) is 5.07. The van der Waals surface area contributed by atoms with E-state index in [0.29, 0.717) is 18.2 Å². The van der Waals surface area contributed by atoms with Gasteiger partial charge in [-0.15, -0.1) is 11.6 Å². The first kappa shape index (κ1) is 14.0. The van der Waals surface area contributed by atoms with Crippen LogP contribution in [0.4, 0.5) is 0 Å². The van der Waals surface area contributed by atoms with E-state index in [4.69, 9.17) is 16.0 Å². The van der Waals surface area contributed by atoms with Crippen LogP contribution in [-0.4, -0.2) is 28.3 Å². The summed E-state index contributed by atoms with van der Waals surface area (Å²) in [7, 11) is -1.24. The quantitative estimate of drug-likeness (QED) is 0.605. The molecule has 0 aliphatic heterocycles. The first-order valence-corrected chi connectivity index (χ1v) is 7.09.